The summed E-state index contributed by atoms with van der Waals surface area (Å²) in [6.45, 7) is 3.08. The number of phenols is 1. The Hall–Kier alpha value is -3.78. The molecular weight excluding hydrogens is 436 g/mol. The molecule has 0 saturated heterocycles. The highest BCUT2D eigenvalue weighted by molar-refractivity contribution is 7.99. The van der Waals surface area contributed by atoms with Crippen LogP contribution in [-0.4, -0.2) is 38.1 Å². The standard InChI is InChI=1S/C25H24N4O3S/c1-2-32-22-14-10-20(11-15-22)26-23(31)17-33-25-28-27-24(19-8-12-21(30)13-9-19)29(25)16-18-6-4-3-5-7-18/h3-15,30H,2,16-17H2,1H3,(H,26,31). The molecule has 1 heterocycles. The summed E-state index contributed by atoms with van der Waals surface area (Å²) in [6.07, 6.45) is 0. The van der Waals surface area contributed by atoms with Gasteiger partial charge in [-0.1, -0.05) is 42.1 Å². The summed E-state index contributed by atoms with van der Waals surface area (Å²) in [5, 5.41) is 21.9. The lowest BCUT2D eigenvalue weighted by Gasteiger charge is -2.11. The lowest BCUT2D eigenvalue weighted by molar-refractivity contribution is -0.113. The van der Waals surface area contributed by atoms with Gasteiger partial charge in [0, 0.05) is 11.3 Å². The monoisotopic (exact) mass is 460 g/mol. The lowest BCUT2D eigenvalue weighted by atomic mass is 10.2. The van der Waals surface area contributed by atoms with E-state index >= 15 is 0 Å². The molecule has 4 aromatic rings. The molecule has 4 rings (SSSR count). The van der Waals surface area contributed by atoms with E-state index in [0.29, 0.717) is 29.8 Å². The first-order valence-electron chi connectivity index (χ1n) is 10.5. The van der Waals surface area contributed by atoms with E-state index in [1.807, 2.05) is 66.1 Å². The molecular formula is C25H24N4O3S. The van der Waals surface area contributed by atoms with E-state index in [2.05, 4.69) is 15.5 Å². The Kier molecular flexibility index (Phi) is 7.26. The van der Waals surface area contributed by atoms with Gasteiger partial charge in [0.2, 0.25) is 5.91 Å². The van der Waals surface area contributed by atoms with Crippen LogP contribution in [0.2, 0.25) is 0 Å². The molecule has 8 heteroatoms. The van der Waals surface area contributed by atoms with Gasteiger partial charge in [0.15, 0.2) is 11.0 Å². The summed E-state index contributed by atoms with van der Waals surface area (Å²) in [4.78, 5) is 12.5. The topological polar surface area (TPSA) is 89.3 Å². The summed E-state index contributed by atoms with van der Waals surface area (Å²) < 4.78 is 7.41. The number of nitrogens with zero attached hydrogens (tertiary/aromatic N) is 3. The van der Waals surface area contributed by atoms with E-state index in [1.54, 1.807) is 24.3 Å². The van der Waals surface area contributed by atoms with Crippen LogP contribution in [0.4, 0.5) is 5.69 Å². The third-order valence-corrected chi connectivity index (χ3v) is 5.77. The first kappa shape index (κ1) is 22.4. The minimum atomic E-state index is -0.135. The van der Waals surface area contributed by atoms with Crippen LogP contribution in [0.3, 0.4) is 0 Å². The Balaban J connectivity index is 1.49. The molecule has 0 radical (unpaired) electrons. The van der Waals surface area contributed by atoms with Gasteiger partial charge < -0.3 is 15.2 Å². The van der Waals surface area contributed by atoms with Gasteiger partial charge >= 0.3 is 0 Å². The van der Waals surface area contributed by atoms with Crippen LogP contribution >= 0.6 is 11.8 Å². The number of hydrogen-bond donors (Lipinski definition) is 2. The second-order valence-electron chi connectivity index (χ2n) is 7.22. The van der Waals surface area contributed by atoms with E-state index in [1.165, 1.54) is 11.8 Å². The van der Waals surface area contributed by atoms with Gasteiger partial charge in [-0.25, -0.2) is 0 Å². The van der Waals surface area contributed by atoms with Gasteiger partial charge in [-0.2, -0.15) is 0 Å². The van der Waals surface area contributed by atoms with Gasteiger partial charge in [-0.3, -0.25) is 9.36 Å². The maximum absolute atomic E-state index is 12.5. The molecule has 168 valence electrons. The van der Waals surface area contributed by atoms with Crippen molar-refractivity contribution in [3.8, 4) is 22.9 Å². The average molecular weight is 461 g/mol. The van der Waals surface area contributed by atoms with Crippen LogP contribution in [0.25, 0.3) is 11.4 Å². The quantitative estimate of drug-likeness (QED) is 0.348. The number of hydrogen-bond acceptors (Lipinski definition) is 6. The SMILES string of the molecule is CCOc1ccc(NC(=O)CSc2nnc(-c3ccc(O)cc3)n2Cc2ccccc2)cc1. The average Bonchev–Trinajstić information content (AvgIpc) is 3.22. The molecule has 7 nitrogen and oxygen atoms in total. The van der Waals surface area contributed by atoms with Crippen LogP contribution in [0, 0.1) is 0 Å². The molecule has 0 atom stereocenters. The van der Waals surface area contributed by atoms with E-state index in [4.69, 9.17) is 4.74 Å². The van der Waals surface area contributed by atoms with Crippen molar-refractivity contribution in [3.05, 3.63) is 84.4 Å². The minimum Gasteiger partial charge on any atom is -0.508 e. The van der Waals surface area contributed by atoms with E-state index in [0.717, 1.165) is 16.9 Å². The van der Waals surface area contributed by atoms with Crippen molar-refractivity contribution < 1.29 is 14.6 Å². The molecule has 0 fully saturated rings. The van der Waals surface area contributed by atoms with Crippen LogP contribution in [0.15, 0.2) is 84.0 Å². The highest BCUT2D eigenvalue weighted by Crippen LogP contribution is 2.26. The van der Waals surface area contributed by atoms with Crippen molar-refractivity contribution in [2.75, 3.05) is 17.7 Å². The lowest BCUT2D eigenvalue weighted by Crippen LogP contribution is -2.14. The molecule has 0 spiro atoms. The predicted molar refractivity (Wildman–Crippen MR) is 130 cm³/mol. The van der Waals surface area contributed by atoms with Crippen molar-refractivity contribution >= 4 is 23.4 Å². The van der Waals surface area contributed by atoms with Crippen molar-refractivity contribution in [3.63, 3.8) is 0 Å². The summed E-state index contributed by atoms with van der Waals surface area (Å²) in [7, 11) is 0. The zero-order chi connectivity index (χ0) is 23.0. The number of ether oxygens (including phenoxy) is 1. The smallest absolute Gasteiger partial charge is 0.234 e. The molecule has 0 aliphatic carbocycles. The molecule has 0 aliphatic rings. The Morgan fingerprint density at radius 1 is 1.00 bits per heavy atom. The number of rotatable bonds is 9. The molecule has 2 N–H and O–H groups in total. The van der Waals surface area contributed by atoms with Gasteiger partial charge in [0.05, 0.1) is 18.9 Å². The maximum Gasteiger partial charge on any atom is 0.234 e. The summed E-state index contributed by atoms with van der Waals surface area (Å²) in [5.41, 5.74) is 2.64. The van der Waals surface area contributed by atoms with Gasteiger partial charge in [-0.15, -0.1) is 10.2 Å². The van der Waals surface area contributed by atoms with Crippen molar-refractivity contribution in [1.29, 1.82) is 0 Å². The van der Waals surface area contributed by atoms with E-state index in [-0.39, 0.29) is 17.4 Å². The first-order chi connectivity index (χ1) is 16.1. The number of thioether (sulfide) groups is 1. The highest BCUT2D eigenvalue weighted by Gasteiger charge is 2.16. The maximum atomic E-state index is 12.5. The molecule has 3 aromatic carbocycles. The van der Waals surface area contributed by atoms with Crippen molar-refractivity contribution in [2.24, 2.45) is 0 Å². The Morgan fingerprint density at radius 2 is 1.73 bits per heavy atom. The normalized spacial score (nSPS) is 10.7. The summed E-state index contributed by atoms with van der Waals surface area (Å²) in [5.74, 6) is 1.68. The molecule has 33 heavy (non-hydrogen) atoms. The largest absolute Gasteiger partial charge is 0.508 e. The third kappa shape index (κ3) is 5.93. The number of carbonyl (C=O) groups excluding carboxylic acids is 1. The fourth-order valence-corrected chi connectivity index (χ4v) is 3.99. The molecule has 0 unspecified atom stereocenters. The zero-order valence-electron chi connectivity index (χ0n) is 18.1. The zero-order valence-corrected chi connectivity index (χ0v) is 19.0. The number of amides is 1. The second kappa shape index (κ2) is 10.7. The molecule has 0 aliphatic heterocycles. The van der Waals surface area contributed by atoms with Crippen LogP contribution in [0.1, 0.15) is 12.5 Å². The molecule has 0 saturated carbocycles. The Bertz CT molecular complexity index is 1190. The fourth-order valence-electron chi connectivity index (χ4n) is 3.26. The summed E-state index contributed by atoms with van der Waals surface area (Å²) in [6, 6.07) is 24.1. The molecule has 1 amide bonds. The number of aromatic nitrogens is 3. The number of aromatic hydroxyl groups is 1. The van der Waals surface area contributed by atoms with Gasteiger partial charge in [0.1, 0.15) is 11.5 Å². The summed E-state index contributed by atoms with van der Waals surface area (Å²) >= 11 is 1.33. The first-order valence-corrected chi connectivity index (χ1v) is 11.5. The number of carbonyl (C=O) groups is 1. The van der Waals surface area contributed by atoms with Crippen LogP contribution in [-0.2, 0) is 11.3 Å². The molecule has 0 bridgehead atoms. The number of benzene rings is 3. The minimum absolute atomic E-state index is 0.135. The van der Waals surface area contributed by atoms with Crippen LogP contribution < -0.4 is 10.1 Å². The van der Waals surface area contributed by atoms with Crippen molar-refractivity contribution in [1.82, 2.24) is 14.8 Å². The number of nitrogens with one attached hydrogen (secondary N) is 1. The van der Waals surface area contributed by atoms with Crippen LogP contribution in [0.5, 0.6) is 11.5 Å². The fraction of sp³-hybridized carbons (Fsp3) is 0.160. The highest BCUT2D eigenvalue weighted by atomic mass is 32.2. The van der Waals surface area contributed by atoms with Gasteiger partial charge in [0.25, 0.3) is 0 Å². The second-order valence-corrected chi connectivity index (χ2v) is 8.16. The van der Waals surface area contributed by atoms with Gasteiger partial charge in [-0.05, 0) is 61.0 Å². The predicted octanol–water partition coefficient (Wildman–Crippen LogP) is 4.83. The van der Waals surface area contributed by atoms with E-state index < -0.39 is 0 Å². The van der Waals surface area contributed by atoms with Crippen molar-refractivity contribution in [2.45, 2.75) is 18.6 Å². The third-order valence-electron chi connectivity index (χ3n) is 4.81. The Morgan fingerprint density at radius 3 is 2.42 bits per heavy atom. The number of anilines is 1. The van der Waals surface area contributed by atoms with E-state index in [9.17, 15) is 9.90 Å². The molecule has 1 aromatic heterocycles. The number of phenolic OH excluding ortho intramolecular Hbond substituents is 1. The Labute approximate surface area is 196 Å².